The number of halogens is 1. The highest BCUT2D eigenvalue weighted by atomic mass is 19.1. The molecule has 0 amide bonds. The summed E-state index contributed by atoms with van der Waals surface area (Å²) in [5, 5.41) is 0. The molecule has 0 bridgehead atoms. The molecular formula is C20H21FO2. The van der Waals surface area contributed by atoms with E-state index >= 15 is 0 Å². The van der Waals surface area contributed by atoms with Gasteiger partial charge in [-0.05, 0) is 36.3 Å². The lowest BCUT2D eigenvalue weighted by molar-refractivity contribution is -0.118. The number of rotatable bonds is 6. The van der Waals surface area contributed by atoms with Crippen LogP contribution in [0, 0.1) is 11.7 Å². The Hall–Kier alpha value is -2.42. The van der Waals surface area contributed by atoms with E-state index in [0.717, 1.165) is 5.56 Å². The van der Waals surface area contributed by atoms with Crippen LogP contribution in [-0.2, 0) is 11.4 Å². The van der Waals surface area contributed by atoms with E-state index in [0.29, 0.717) is 23.5 Å². The summed E-state index contributed by atoms with van der Waals surface area (Å²) in [6.07, 6.45) is 1.75. The van der Waals surface area contributed by atoms with Crippen LogP contribution in [0.3, 0.4) is 0 Å². The number of ketones is 1. The second kappa shape index (κ2) is 7.73. The van der Waals surface area contributed by atoms with Crippen molar-refractivity contribution < 1.29 is 13.9 Å². The number of carbonyl (C=O) groups excluding carboxylic acids is 1. The lowest BCUT2D eigenvalue weighted by atomic mass is 10.00. The van der Waals surface area contributed by atoms with E-state index in [9.17, 15) is 9.18 Å². The van der Waals surface area contributed by atoms with E-state index in [1.165, 1.54) is 12.1 Å². The first-order valence-electron chi connectivity index (χ1n) is 7.66. The summed E-state index contributed by atoms with van der Waals surface area (Å²) in [4.78, 5) is 12.0. The fraction of sp³-hybridized carbons (Fsp3) is 0.250. The summed E-state index contributed by atoms with van der Waals surface area (Å²) in [6.45, 7) is 5.84. The summed E-state index contributed by atoms with van der Waals surface area (Å²) in [5.74, 6) is 0.0755. The van der Waals surface area contributed by atoms with Gasteiger partial charge < -0.3 is 4.74 Å². The minimum Gasteiger partial charge on any atom is -0.488 e. The van der Waals surface area contributed by atoms with Crippen molar-refractivity contribution in [3.05, 3.63) is 71.0 Å². The summed E-state index contributed by atoms with van der Waals surface area (Å²) in [6, 6.07) is 14.0. The van der Waals surface area contributed by atoms with Crippen LogP contribution >= 0.6 is 0 Å². The SMILES string of the molecule is C/C(=C\c1ccc(F)cc1OCc1ccccc1)C(=O)C(C)C. The number of allylic oxidation sites excluding steroid dienone is 1. The maximum atomic E-state index is 13.5. The molecule has 0 spiro atoms. The van der Waals surface area contributed by atoms with E-state index in [4.69, 9.17) is 4.74 Å². The smallest absolute Gasteiger partial charge is 0.161 e. The number of ether oxygens (including phenoxy) is 1. The van der Waals surface area contributed by atoms with E-state index in [1.807, 2.05) is 44.2 Å². The van der Waals surface area contributed by atoms with Crippen molar-refractivity contribution in [1.82, 2.24) is 0 Å². The van der Waals surface area contributed by atoms with E-state index in [1.54, 1.807) is 19.1 Å². The van der Waals surface area contributed by atoms with Gasteiger partial charge in [-0.15, -0.1) is 0 Å². The quantitative estimate of drug-likeness (QED) is 0.699. The van der Waals surface area contributed by atoms with Crippen LogP contribution < -0.4 is 4.74 Å². The minimum atomic E-state index is -0.363. The molecule has 0 aromatic heterocycles. The van der Waals surface area contributed by atoms with Gasteiger partial charge in [0.15, 0.2) is 5.78 Å². The topological polar surface area (TPSA) is 26.3 Å². The molecule has 2 nitrogen and oxygen atoms in total. The Morgan fingerprint density at radius 1 is 1.17 bits per heavy atom. The first-order valence-corrected chi connectivity index (χ1v) is 7.66. The average molecular weight is 312 g/mol. The van der Waals surface area contributed by atoms with Crippen molar-refractivity contribution in [3.63, 3.8) is 0 Å². The Balaban J connectivity index is 2.23. The van der Waals surface area contributed by atoms with Crippen LogP contribution in [0.5, 0.6) is 5.75 Å². The lowest BCUT2D eigenvalue weighted by Crippen LogP contribution is -2.08. The average Bonchev–Trinajstić information content (AvgIpc) is 2.55. The molecule has 0 saturated heterocycles. The van der Waals surface area contributed by atoms with Crippen LogP contribution in [0.1, 0.15) is 31.9 Å². The predicted octanol–water partition coefficient (Wildman–Crippen LogP) is 5.03. The van der Waals surface area contributed by atoms with Crippen LogP contribution in [-0.4, -0.2) is 5.78 Å². The maximum absolute atomic E-state index is 13.5. The summed E-state index contributed by atoms with van der Waals surface area (Å²) in [5.41, 5.74) is 2.34. The van der Waals surface area contributed by atoms with Gasteiger partial charge in [-0.1, -0.05) is 44.2 Å². The maximum Gasteiger partial charge on any atom is 0.161 e. The molecule has 0 aliphatic heterocycles. The number of hydrogen-bond acceptors (Lipinski definition) is 2. The van der Waals surface area contributed by atoms with Crippen molar-refractivity contribution in [2.45, 2.75) is 27.4 Å². The monoisotopic (exact) mass is 312 g/mol. The number of carbonyl (C=O) groups is 1. The van der Waals surface area contributed by atoms with Crippen molar-refractivity contribution >= 4 is 11.9 Å². The zero-order valence-corrected chi connectivity index (χ0v) is 13.7. The second-order valence-corrected chi connectivity index (χ2v) is 5.80. The van der Waals surface area contributed by atoms with Crippen molar-refractivity contribution in [3.8, 4) is 5.75 Å². The Morgan fingerprint density at radius 3 is 2.52 bits per heavy atom. The van der Waals surface area contributed by atoms with E-state index in [2.05, 4.69) is 0 Å². The zero-order chi connectivity index (χ0) is 16.8. The van der Waals surface area contributed by atoms with Crippen molar-refractivity contribution in [1.29, 1.82) is 0 Å². The summed E-state index contributed by atoms with van der Waals surface area (Å²) < 4.78 is 19.3. The highest BCUT2D eigenvalue weighted by Crippen LogP contribution is 2.24. The van der Waals surface area contributed by atoms with Gasteiger partial charge in [0.2, 0.25) is 0 Å². The van der Waals surface area contributed by atoms with Crippen LogP contribution in [0.25, 0.3) is 6.08 Å². The van der Waals surface area contributed by atoms with Gasteiger partial charge >= 0.3 is 0 Å². The fourth-order valence-electron chi connectivity index (χ4n) is 2.25. The van der Waals surface area contributed by atoms with Crippen LogP contribution in [0.2, 0.25) is 0 Å². The van der Waals surface area contributed by atoms with Gasteiger partial charge in [-0.25, -0.2) is 4.39 Å². The summed E-state index contributed by atoms with van der Waals surface area (Å²) >= 11 is 0. The van der Waals surface area contributed by atoms with Crippen molar-refractivity contribution in [2.24, 2.45) is 5.92 Å². The standard InChI is InChI=1S/C20H21FO2/c1-14(2)20(22)15(3)11-17-9-10-18(21)12-19(17)23-13-16-7-5-4-6-8-16/h4-12,14H,13H2,1-3H3/b15-11+. The van der Waals surface area contributed by atoms with Gasteiger partial charge in [-0.3, -0.25) is 4.79 Å². The second-order valence-electron chi connectivity index (χ2n) is 5.80. The highest BCUT2D eigenvalue weighted by Gasteiger charge is 2.11. The normalized spacial score (nSPS) is 11.6. The fourth-order valence-corrected chi connectivity index (χ4v) is 2.25. The molecule has 0 fully saturated rings. The van der Waals surface area contributed by atoms with Crippen LogP contribution in [0.4, 0.5) is 4.39 Å². The minimum absolute atomic E-state index is 0.0691. The molecule has 2 aromatic carbocycles. The molecule has 2 rings (SSSR count). The molecule has 0 unspecified atom stereocenters. The summed E-state index contributed by atoms with van der Waals surface area (Å²) in [7, 11) is 0. The van der Waals surface area contributed by atoms with Crippen molar-refractivity contribution in [2.75, 3.05) is 0 Å². The molecular weight excluding hydrogens is 291 g/mol. The van der Waals surface area contributed by atoms with Gasteiger partial charge in [-0.2, -0.15) is 0 Å². The van der Waals surface area contributed by atoms with Gasteiger partial charge in [0.05, 0.1) is 0 Å². The Kier molecular flexibility index (Phi) is 5.69. The third-order valence-electron chi connectivity index (χ3n) is 3.50. The zero-order valence-electron chi connectivity index (χ0n) is 13.7. The molecule has 120 valence electrons. The predicted molar refractivity (Wildman–Crippen MR) is 90.7 cm³/mol. The molecule has 0 aliphatic carbocycles. The number of Topliss-reactive ketones (excluding diaryl/α,β-unsaturated/α-hetero) is 1. The van der Waals surface area contributed by atoms with Gasteiger partial charge in [0, 0.05) is 17.5 Å². The Morgan fingerprint density at radius 2 is 1.87 bits per heavy atom. The Labute approximate surface area is 136 Å². The molecule has 0 aliphatic rings. The molecule has 3 heteroatoms. The van der Waals surface area contributed by atoms with Gasteiger partial charge in [0.1, 0.15) is 18.2 Å². The third-order valence-corrected chi connectivity index (χ3v) is 3.50. The molecule has 23 heavy (non-hydrogen) atoms. The molecule has 2 aromatic rings. The largest absolute Gasteiger partial charge is 0.488 e. The highest BCUT2D eigenvalue weighted by molar-refractivity contribution is 6.00. The first-order chi connectivity index (χ1) is 11.0. The van der Waals surface area contributed by atoms with E-state index in [-0.39, 0.29) is 17.5 Å². The number of benzene rings is 2. The number of hydrogen-bond donors (Lipinski definition) is 0. The lowest BCUT2D eigenvalue weighted by Gasteiger charge is -2.11. The molecule has 0 N–H and O–H groups in total. The molecule has 0 radical (unpaired) electrons. The van der Waals surface area contributed by atoms with Gasteiger partial charge in [0.25, 0.3) is 0 Å². The third kappa shape index (κ3) is 4.78. The molecule has 0 saturated carbocycles. The first kappa shape index (κ1) is 16.9. The van der Waals surface area contributed by atoms with E-state index < -0.39 is 0 Å². The van der Waals surface area contributed by atoms with Crippen LogP contribution in [0.15, 0.2) is 54.1 Å². The Bertz CT molecular complexity index is 703. The molecule has 0 heterocycles. The molecule has 0 atom stereocenters.